The van der Waals surface area contributed by atoms with Crippen molar-refractivity contribution in [1.29, 1.82) is 5.26 Å². The maximum Gasteiger partial charge on any atom is 0.270 e. The minimum atomic E-state index is -0.121. The van der Waals surface area contributed by atoms with Crippen LogP contribution >= 0.6 is 0 Å². The Hall–Kier alpha value is -4.35. The van der Waals surface area contributed by atoms with Crippen LogP contribution in [0.1, 0.15) is 43.8 Å². The van der Waals surface area contributed by atoms with Crippen LogP contribution in [0.3, 0.4) is 0 Å². The van der Waals surface area contributed by atoms with Gasteiger partial charge in [-0.2, -0.15) is 5.26 Å². The van der Waals surface area contributed by atoms with Crippen LogP contribution in [0.25, 0.3) is 22.5 Å². The van der Waals surface area contributed by atoms with Gasteiger partial charge in [-0.1, -0.05) is 68.4 Å². The molecular weight excluding hydrogens is 486 g/mol. The zero-order valence-corrected chi connectivity index (χ0v) is 22.4. The molecule has 39 heavy (non-hydrogen) atoms. The number of nitriles is 1. The van der Waals surface area contributed by atoms with Gasteiger partial charge in [0, 0.05) is 43.0 Å². The van der Waals surface area contributed by atoms with E-state index in [9.17, 15) is 4.79 Å². The summed E-state index contributed by atoms with van der Waals surface area (Å²) in [5.74, 6) is 1.23. The molecule has 8 heteroatoms. The third kappa shape index (κ3) is 6.57. The van der Waals surface area contributed by atoms with Crippen LogP contribution in [0.4, 0.5) is 5.82 Å². The molecule has 8 nitrogen and oxygen atoms in total. The highest BCUT2D eigenvalue weighted by Crippen LogP contribution is 2.29. The fraction of sp³-hybridized carbons (Fsp3) is 0.323. The van der Waals surface area contributed by atoms with Gasteiger partial charge in [0.15, 0.2) is 0 Å². The number of benzene rings is 2. The predicted molar refractivity (Wildman–Crippen MR) is 153 cm³/mol. The van der Waals surface area contributed by atoms with E-state index in [1.54, 1.807) is 12.3 Å². The van der Waals surface area contributed by atoms with Gasteiger partial charge < -0.3 is 10.3 Å². The largest absolute Gasteiger partial charge is 0.367 e. The Labute approximate surface area is 228 Å². The highest BCUT2D eigenvalue weighted by molar-refractivity contribution is 5.77. The second-order valence-corrected chi connectivity index (χ2v) is 10.5. The second-order valence-electron chi connectivity index (χ2n) is 10.5. The summed E-state index contributed by atoms with van der Waals surface area (Å²) in [5.41, 5.74) is 5.17. The summed E-state index contributed by atoms with van der Waals surface area (Å²) < 4.78 is 0. The molecule has 2 aromatic carbocycles. The highest BCUT2D eigenvalue weighted by Gasteiger charge is 2.20. The van der Waals surface area contributed by atoms with Crippen LogP contribution in [0, 0.1) is 17.2 Å². The van der Waals surface area contributed by atoms with Crippen LogP contribution < -0.4 is 10.9 Å². The SMILES string of the molecule is CC(C)Cc1nc(-c2ccccc2)c(-c2ccc(CN3CCC(Nc4ccnc(C#N)n4)CC3)cc2)[nH]c1=O. The quantitative estimate of drug-likeness (QED) is 0.335. The van der Waals surface area contributed by atoms with E-state index >= 15 is 0 Å². The van der Waals surface area contributed by atoms with Crippen molar-refractivity contribution in [2.75, 3.05) is 18.4 Å². The molecule has 5 rings (SSSR count). The van der Waals surface area contributed by atoms with E-state index in [0.717, 1.165) is 55.0 Å². The van der Waals surface area contributed by atoms with Crippen molar-refractivity contribution in [3.63, 3.8) is 0 Å². The van der Waals surface area contributed by atoms with Crippen LogP contribution in [-0.2, 0) is 13.0 Å². The smallest absolute Gasteiger partial charge is 0.270 e. The first-order chi connectivity index (χ1) is 19.0. The number of aromatic nitrogens is 4. The fourth-order valence-electron chi connectivity index (χ4n) is 5.00. The van der Waals surface area contributed by atoms with E-state index in [4.69, 9.17) is 10.2 Å². The van der Waals surface area contributed by atoms with Crippen LogP contribution in [0.15, 0.2) is 71.7 Å². The maximum absolute atomic E-state index is 12.9. The lowest BCUT2D eigenvalue weighted by Crippen LogP contribution is -2.38. The molecule has 3 heterocycles. The summed E-state index contributed by atoms with van der Waals surface area (Å²) in [6, 6.07) is 22.6. The molecule has 2 aromatic heterocycles. The molecule has 1 aliphatic heterocycles. The average molecular weight is 520 g/mol. The minimum Gasteiger partial charge on any atom is -0.367 e. The first-order valence-corrected chi connectivity index (χ1v) is 13.5. The first kappa shape index (κ1) is 26.3. The van der Waals surface area contributed by atoms with Crippen molar-refractivity contribution in [3.8, 4) is 28.6 Å². The Morgan fingerprint density at radius 1 is 1.03 bits per heavy atom. The molecule has 198 valence electrons. The zero-order valence-electron chi connectivity index (χ0n) is 22.4. The van der Waals surface area contributed by atoms with Gasteiger partial charge in [0.05, 0.1) is 11.4 Å². The predicted octanol–water partition coefficient (Wildman–Crippen LogP) is 5.04. The molecule has 0 bridgehead atoms. The van der Waals surface area contributed by atoms with Gasteiger partial charge >= 0.3 is 0 Å². The van der Waals surface area contributed by atoms with E-state index in [1.165, 1.54) is 5.56 Å². The number of nitrogens with one attached hydrogen (secondary N) is 2. The number of nitrogens with zero attached hydrogens (tertiary/aromatic N) is 5. The number of piperidine rings is 1. The molecule has 0 atom stereocenters. The molecule has 1 saturated heterocycles. The molecule has 1 aliphatic rings. The van der Waals surface area contributed by atoms with E-state index in [2.05, 4.69) is 63.3 Å². The van der Waals surface area contributed by atoms with Gasteiger partial charge in [-0.05, 0) is 36.8 Å². The van der Waals surface area contributed by atoms with Gasteiger partial charge in [-0.3, -0.25) is 9.69 Å². The van der Waals surface area contributed by atoms with Crippen molar-refractivity contribution in [2.24, 2.45) is 5.92 Å². The Morgan fingerprint density at radius 2 is 1.77 bits per heavy atom. The molecule has 0 radical (unpaired) electrons. The van der Waals surface area contributed by atoms with Crippen LogP contribution in [-0.4, -0.2) is 44.0 Å². The lowest BCUT2D eigenvalue weighted by molar-refractivity contribution is 0.211. The number of aromatic amines is 1. The number of H-pyrrole nitrogens is 1. The summed E-state index contributed by atoms with van der Waals surface area (Å²) in [7, 11) is 0. The summed E-state index contributed by atoms with van der Waals surface area (Å²) in [5, 5.41) is 12.5. The van der Waals surface area contributed by atoms with Crippen LogP contribution in [0.5, 0.6) is 0 Å². The molecule has 4 aromatic rings. The number of hydrogen-bond acceptors (Lipinski definition) is 7. The Morgan fingerprint density at radius 3 is 2.46 bits per heavy atom. The Balaban J connectivity index is 1.27. The third-order valence-electron chi connectivity index (χ3n) is 6.98. The number of likely N-dealkylation sites (tertiary alicyclic amines) is 1. The number of hydrogen-bond donors (Lipinski definition) is 2. The summed E-state index contributed by atoms with van der Waals surface area (Å²) in [6.45, 7) is 7.01. The van der Waals surface area contributed by atoms with Gasteiger partial charge in [-0.15, -0.1) is 0 Å². The van der Waals surface area contributed by atoms with Crippen molar-refractivity contribution in [3.05, 3.63) is 94.3 Å². The molecule has 1 fully saturated rings. The molecule has 2 N–H and O–H groups in total. The van der Waals surface area contributed by atoms with Gasteiger partial charge in [0.25, 0.3) is 5.56 Å². The maximum atomic E-state index is 12.9. The number of rotatable bonds is 8. The molecule has 0 unspecified atom stereocenters. The molecule has 0 saturated carbocycles. The van der Waals surface area contributed by atoms with E-state index in [0.29, 0.717) is 29.9 Å². The Kier molecular flexibility index (Phi) is 8.09. The van der Waals surface area contributed by atoms with E-state index in [1.807, 2.05) is 36.4 Å². The van der Waals surface area contributed by atoms with Crippen molar-refractivity contribution < 1.29 is 0 Å². The molecular formula is C31H33N7O. The van der Waals surface area contributed by atoms with Gasteiger partial charge in [0.2, 0.25) is 5.82 Å². The Bertz CT molecular complexity index is 1500. The first-order valence-electron chi connectivity index (χ1n) is 13.5. The standard InChI is InChI=1S/C31H33N7O/c1-21(2)18-26-31(39)37-30(29(35-26)23-6-4-3-5-7-23)24-10-8-22(9-11-24)20-38-16-13-25(14-17-38)34-27-12-15-33-28(19-32)36-27/h3-12,15,21,25H,13-14,16-18,20H2,1-2H3,(H,37,39)(H,33,34,36). The normalized spacial score (nSPS) is 14.3. The molecule has 0 spiro atoms. The van der Waals surface area contributed by atoms with Gasteiger partial charge in [-0.25, -0.2) is 15.0 Å². The van der Waals surface area contributed by atoms with E-state index in [-0.39, 0.29) is 11.4 Å². The lowest BCUT2D eigenvalue weighted by Gasteiger charge is -2.32. The van der Waals surface area contributed by atoms with E-state index < -0.39 is 0 Å². The fourth-order valence-corrected chi connectivity index (χ4v) is 5.00. The zero-order chi connectivity index (χ0) is 27.2. The lowest BCUT2D eigenvalue weighted by atomic mass is 10.0. The topological polar surface area (TPSA) is 111 Å². The minimum absolute atomic E-state index is 0.121. The van der Waals surface area contributed by atoms with Crippen molar-refractivity contribution in [1.82, 2.24) is 24.8 Å². The number of anilines is 1. The summed E-state index contributed by atoms with van der Waals surface area (Å²) >= 11 is 0. The third-order valence-corrected chi connectivity index (χ3v) is 6.98. The summed E-state index contributed by atoms with van der Waals surface area (Å²) in [4.78, 5) is 31.5. The van der Waals surface area contributed by atoms with Crippen LogP contribution in [0.2, 0.25) is 0 Å². The van der Waals surface area contributed by atoms with Crippen molar-refractivity contribution >= 4 is 5.82 Å². The highest BCUT2D eigenvalue weighted by atomic mass is 16.1. The second kappa shape index (κ2) is 12.0. The summed E-state index contributed by atoms with van der Waals surface area (Å²) in [6.07, 6.45) is 4.25. The average Bonchev–Trinajstić information content (AvgIpc) is 2.96. The van der Waals surface area contributed by atoms with Crippen molar-refractivity contribution in [2.45, 2.75) is 45.7 Å². The molecule has 0 aliphatic carbocycles. The monoisotopic (exact) mass is 519 g/mol. The molecule has 0 amide bonds. The van der Waals surface area contributed by atoms with Gasteiger partial charge in [0.1, 0.15) is 17.6 Å².